The van der Waals surface area contributed by atoms with E-state index in [-0.39, 0.29) is 12.5 Å². The van der Waals surface area contributed by atoms with Gasteiger partial charge in [0.2, 0.25) is 0 Å². The predicted molar refractivity (Wildman–Crippen MR) is 147 cm³/mol. The summed E-state index contributed by atoms with van der Waals surface area (Å²) in [4.78, 5) is 12.9. The fourth-order valence-corrected chi connectivity index (χ4v) is 7.60. The fourth-order valence-electron chi connectivity index (χ4n) is 4.56. The van der Waals surface area contributed by atoms with Crippen molar-refractivity contribution < 1.29 is 14.1 Å². The van der Waals surface area contributed by atoms with Crippen molar-refractivity contribution in [1.82, 2.24) is 0 Å². The van der Waals surface area contributed by atoms with Gasteiger partial charge in [0.05, 0.1) is 12.7 Å². The van der Waals surface area contributed by atoms with E-state index in [0.29, 0.717) is 11.7 Å². The summed E-state index contributed by atoms with van der Waals surface area (Å²) >= 11 is 0. The molecule has 4 rings (SSSR count). The first-order chi connectivity index (χ1) is 16.9. The molecular formula is C30H34NO3P. The number of hydrogen-bond acceptors (Lipinski definition) is 3. The molecule has 1 N–H and O–H groups in total. The van der Waals surface area contributed by atoms with Crippen LogP contribution in [0.1, 0.15) is 43.4 Å². The van der Waals surface area contributed by atoms with Crippen LogP contribution in [-0.2, 0) is 15.5 Å². The van der Waals surface area contributed by atoms with E-state index in [2.05, 4.69) is 56.4 Å². The summed E-state index contributed by atoms with van der Waals surface area (Å²) in [6.07, 6.45) is 6.01. The average molecular weight is 488 g/mol. The van der Waals surface area contributed by atoms with Gasteiger partial charge in [-0.15, -0.1) is 0 Å². The molecule has 3 aromatic rings. The van der Waals surface area contributed by atoms with E-state index in [9.17, 15) is 9.36 Å². The average Bonchev–Trinajstić information content (AvgIpc) is 2.85. The van der Waals surface area contributed by atoms with E-state index >= 15 is 0 Å². The van der Waals surface area contributed by atoms with Crippen LogP contribution >= 0.6 is 7.14 Å². The first-order valence-corrected chi connectivity index (χ1v) is 14.7. The molecule has 0 aliphatic carbocycles. The number of amides is 1. The molecule has 1 heterocycles. The third-order valence-corrected chi connectivity index (χ3v) is 9.81. The van der Waals surface area contributed by atoms with Crippen molar-refractivity contribution in [2.24, 2.45) is 0 Å². The van der Waals surface area contributed by atoms with Crippen LogP contribution in [0.3, 0.4) is 0 Å². The van der Waals surface area contributed by atoms with Gasteiger partial charge in [-0.1, -0.05) is 61.9 Å². The molecule has 1 aliphatic rings. The van der Waals surface area contributed by atoms with Crippen LogP contribution < -0.4 is 10.1 Å². The molecule has 0 spiro atoms. The summed E-state index contributed by atoms with van der Waals surface area (Å²) in [6, 6.07) is 22.2. The smallest absolute Gasteiger partial charge is 0.255 e. The highest BCUT2D eigenvalue weighted by molar-refractivity contribution is 7.63. The number of rotatable bonds is 9. The van der Waals surface area contributed by atoms with Crippen LogP contribution in [0.2, 0.25) is 0 Å². The molecule has 0 atom stereocenters. The maximum Gasteiger partial charge on any atom is 0.255 e. The zero-order valence-electron chi connectivity index (χ0n) is 20.8. The fraction of sp³-hybridized carbons (Fsp3) is 0.300. The normalized spacial score (nSPS) is 12.9. The third kappa shape index (κ3) is 6.32. The monoisotopic (exact) mass is 487 g/mol. The molecule has 182 valence electrons. The Morgan fingerprint density at radius 1 is 0.914 bits per heavy atom. The van der Waals surface area contributed by atoms with Gasteiger partial charge in [0.1, 0.15) is 12.4 Å². The molecule has 0 fully saturated rings. The zero-order chi connectivity index (χ0) is 24.8. The highest BCUT2D eigenvalue weighted by atomic mass is 31.2. The van der Waals surface area contributed by atoms with Gasteiger partial charge >= 0.3 is 0 Å². The minimum absolute atomic E-state index is 0.174. The Hall–Kier alpha value is -3.10. The molecule has 0 saturated heterocycles. The number of nitrogens with one attached hydrogen (secondary N) is 1. The first-order valence-electron chi connectivity index (χ1n) is 12.4. The number of ether oxygens (including phenoxy) is 1. The van der Waals surface area contributed by atoms with E-state index in [1.54, 1.807) is 0 Å². The van der Waals surface area contributed by atoms with Crippen LogP contribution in [0.5, 0.6) is 5.75 Å². The molecule has 5 heteroatoms. The standard InChI is InChI=1S/C30H34NO3P/c1-4-16-35(33,17-5-2)21-23-8-13-28(14-9-23)31-30(32)27-19-26-18-25(12-15-29(26)34-20-27)24-10-6-22(3)7-11-24/h6-15,18-19H,4-5,16-17,20-21H2,1-3H3,(H,31,32). The number of carbonyl (C=O) groups excluding carboxylic acids is 1. The van der Waals surface area contributed by atoms with Gasteiger partial charge in [0.15, 0.2) is 0 Å². The molecule has 1 aliphatic heterocycles. The highest BCUT2D eigenvalue weighted by Gasteiger charge is 2.21. The summed E-state index contributed by atoms with van der Waals surface area (Å²) in [5, 5.41) is 2.98. The second-order valence-electron chi connectivity index (χ2n) is 9.39. The van der Waals surface area contributed by atoms with Gasteiger partial charge in [-0.3, -0.25) is 4.79 Å². The van der Waals surface area contributed by atoms with Gasteiger partial charge < -0.3 is 14.6 Å². The van der Waals surface area contributed by atoms with Crippen molar-refractivity contribution in [3.63, 3.8) is 0 Å². The van der Waals surface area contributed by atoms with Crippen LogP contribution in [0.25, 0.3) is 17.2 Å². The first kappa shape index (κ1) is 25.0. The summed E-state index contributed by atoms with van der Waals surface area (Å²) < 4.78 is 19.1. The van der Waals surface area contributed by atoms with Crippen LogP contribution in [0.4, 0.5) is 5.69 Å². The van der Waals surface area contributed by atoms with Crippen molar-refractivity contribution >= 4 is 24.8 Å². The number of carbonyl (C=O) groups is 1. The van der Waals surface area contributed by atoms with Crippen LogP contribution in [0.15, 0.2) is 72.3 Å². The molecule has 3 aromatic carbocycles. The van der Waals surface area contributed by atoms with Crippen molar-refractivity contribution in [3.8, 4) is 16.9 Å². The molecule has 0 saturated carbocycles. The van der Waals surface area contributed by atoms with Crippen molar-refractivity contribution in [2.75, 3.05) is 24.2 Å². The van der Waals surface area contributed by atoms with Crippen molar-refractivity contribution in [3.05, 3.63) is 89.0 Å². The zero-order valence-corrected chi connectivity index (χ0v) is 21.7. The lowest BCUT2D eigenvalue weighted by Crippen LogP contribution is -2.21. The van der Waals surface area contributed by atoms with Crippen LogP contribution in [0, 0.1) is 6.92 Å². The topological polar surface area (TPSA) is 55.4 Å². The Kier molecular flexibility index (Phi) is 7.93. The quantitative estimate of drug-likeness (QED) is 0.314. The van der Waals surface area contributed by atoms with Crippen molar-refractivity contribution in [1.29, 1.82) is 0 Å². The Balaban J connectivity index is 1.45. The molecular weight excluding hydrogens is 453 g/mol. The lowest BCUT2D eigenvalue weighted by molar-refractivity contribution is -0.113. The van der Waals surface area contributed by atoms with Gasteiger partial charge in [-0.2, -0.15) is 0 Å². The Labute approximate surface area is 208 Å². The molecule has 4 nitrogen and oxygen atoms in total. The second kappa shape index (κ2) is 11.1. The van der Waals surface area contributed by atoms with E-state index in [0.717, 1.165) is 58.9 Å². The number of fused-ring (bicyclic) bond motifs is 1. The van der Waals surface area contributed by atoms with Gasteiger partial charge in [-0.25, -0.2) is 0 Å². The largest absolute Gasteiger partial charge is 0.488 e. The van der Waals surface area contributed by atoms with Crippen molar-refractivity contribution in [2.45, 2.75) is 39.8 Å². The third-order valence-electron chi connectivity index (χ3n) is 6.34. The summed E-state index contributed by atoms with van der Waals surface area (Å²) in [5.74, 6) is 0.608. The maximum absolute atomic E-state index is 13.2. The van der Waals surface area contributed by atoms with E-state index in [1.807, 2.05) is 42.5 Å². The van der Waals surface area contributed by atoms with Gasteiger partial charge in [-0.05, 0) is 66.8 Å². The molecule has 0 bridgehead atoms. The molecule has 0 aromatic heterocycles. The van der Waals surface area contributed by atoms with E-state index in [1.165, 1.54) is 5.56 Å². The number of hydrogen-bond donors (Lipinski definition) is 1. The Morgan fingerprint density at radius 2 is 1.57 bits per heavy atom. The molecule has 0 unspecified atom stereocenters. The predicted octanol–water partition coefficient (Wildman–Crippen LogP) is 7.76. The number of benzene rings is 3. The minimum Gasteiger partial charge on any atom is -0.488 e. The highest BCUT2D eigenvalue weighted by Crippen LogP contribution is 2.50. The SMILES string of the molecule is CCCP(=O)(CCC)Cc1ccc(NC(=O)C2=Cc3cc(-c4ccc(C)cc4)ccc3OC2)cc1. The summed E-state index contributed by atoms with van der Waals surface area (Å²) in [5.41, 5.74) is 6.70. The van der Waals surface area contributed by atoms with E-state index < -0.39 is 7.14 Å². The molecule has 35 heavy (non-hydrogen) atoms. The molecule has 0 radical (unpaired) electrons. The maximum atomic E-state index is 13.2. The molecule has 1 amide bonds. The number of aryl methyl sites for hydroxylation is 1. The lowest BCUT2D eigenvalue weighted by atomic mass is 9.99. The van der Waals surface area contributed by atoms with Gasteiger partial charge in [0, 0.05) is 29.7 Å². The Morgan fingerprint density at radius 3 is 2.23 bits per heavy atom. The van der Waals surface area contributed by atoms with Gasteiger partial charge in [0.25, 0.3) is 5.91 Å². The second-order valence-corrected chi connectivity index (χ2v) is 12.7. The summed E-state index contributed by atoms with van der Waals surface area (Å²) in [7, 11) is -2.18. The van der Waals surface area contributed by atoms with E-state index in [4.69, 9.17) is 4.74 Å². The summed E-state index contributed by atoms with van der Waals surface area (Å²) in [6.45, 7) is 6.49. The lowest BCUT2D eigenvalue weighted by Gasteiger charge is -2.19. The minimum atomic E-state index is -2.18. The Bertz CT molecular complexity index is 1250. The van der Waals surface area contributed by atoms with Crippen LogP contribution in [-0.4, -0.2) is 24.8 Å². The number of anilines is 1.